The lowest BCUT2D eigenvalue weighted by Gasteiger charge is -2.26. The first-order chi connectivity index (χ1) is 6.59. The minimum absolute atomic E-state index is 0.0259. The normalized spacial score (nSPS) is 40.0. The Hall–Kier alpha value is -1.06. The van der Waals surface area contributed by atoms with Crippen LogP contribution in [0.4, 0.5) is 0 Å². The predicted molar refractivity (Wildman–Crippen MR) is 47.7 cm³/mol. The van der Waals surface area contributed by atoms with Crippen LogP contribution in [0.5, 0.6) is 0 Å². The van der Waals surface area contributed by atoms with Crippen molar-refractivity contribution in [2.75, 3.05) is 0 Å². The van der Waals surface area contributed by atoms with E-state index in [-0.39, 0.29) is 18.3 Å². The molecule has 0 spiro atoms. The van der Waals surface area contributed by atoms with Gasteiger partial charge in [0.2, 0.25) is 0 Å². The third kappa shape index (κ3) is 1.38. The number of carboxylic acid groups (broad SMARTS) is 2. The van der Waals surface area contributed by atoms with Gasteiger partial charge in [0.1, 0.15) is 0 Å². The molecule has 4 nitrogen and oxygen atoms in total. The van der Waals surface area contributed by atoms with E-state index in [0.717, 1.165) is 19.3 Å². The minimum atomic E-state index is -0.867. The molecule has 2 aliphatic rings. The summed E-state index contributed by atoms with van der Waals surface area (Å²) in [7, 11) is 0. The van der Waals surface area contributed by atoms with Gasteiger partial charge >= 0.3 is 11.9 Å². The zero-order valence-electron chi connectivity index (χ0n) is 7.85. The summed E-state index contributed by atoms with van der Waals surface area (Å²) in [5.41, 5.74) is 0. The first-order valence-electron chi connectivity index (χ1n) is 5.04. The van der Waals surface area contributed by atoms with Crippen molar-refractivity contribution in [1.82, 2.24) is 0 Å². The van der Waals surface area contributed by atoms with Crippen LogP contribution in [0.1, 0.15) is 25.7 Å². The van der Waals surface area contributed by atoms with Crippen molar-refractivity contribution in [1.29, 1.82) is 0 Å². The van der Waals surface area contributed by atoms with Gasteiger partial charge in [-0.25, -0.2) is 0 Å². The first kappa shape index (κ1) is 9.49. The number of rotatable bonds is 3. The SMILES string of the molecule is O=C(O)C[C@H]1[C@@H]2CC[C@@H](C2)[C@H]1C(=O)O. The highest BCUT2D eigenvalue weighted by atomic mass is 16.4. The van der Waals surface area contributed by atoms with Gasteiger partial charge in [-0.15, -0.1) is 0 Å². The molecule has 0 amide bonds. The van der Waals surface area contributed by atoms with Crippen molar-refractivity contribution in [2.45, 2.75) is 25.7 Å². The van der Waals surface area contributed by atoms with E-state index in [9.17, 15) is 9.59 Å². The molecular weight excluding hydrogens is 184 g/mol. The van der Waals surface area contributed by atoms with Gasteiger partial charge in [-0.1, -0.05) is 0 Å². The second-order valence-electron chi connectivity index (χ2n) is 4.46. The second kappa shape index (κ2) is 3.26. The zero-order chi connectivity index (χ0) is 10.3. The Morgan fingerprint density at radius 2 is 1.79 bits per heavy atom. The van der Waals surface area contributed by atoms with Gasteiger partial charge in [0.05, 0.1) is 5.92 Å². The van der Waals surface area contributed by atoms with E-state index in [1.54, 1.807) is 0 Å². The molecule has 2 saturated carbocycles. The Morgan fingerprint density at radius 3 is 2.36 bits per heavy atom. The van der Waals surface area contributed by atoms with Crippen molar-refractivity contribution < 1.29 is 19.8 Å². The lowest BCUT2D eigenvalue weighted by atomic mass is 9.77. The minimum Gasteiger partial charge on any atom is -0.481 e. The number of hydrogen-bond acceptors (Lipinski definition) is 2. The standard InChI is InChI=1S/C10H14O4/c11-8(12)4-7-5-1-2-6(3-5)9(7)10(13)14/h5-7,9H,1-4H2,(H,11,12)(H,13,14)/t5-,6+,7+,9-/m1/s1. The molecule has 0 aromatic rings. The van der Waals surface area contributed by atoms with E-state index in [4.69, 9.17) is 10.2 Å². The van der Waals surface area contributed by atoms with E-state index in [2.05, 4.69) is 0 Å². The largest absolute Gasteiger partial charge is 0.481 e. The molecule has 0 saturated heterocycles. The Labute approximate surface area is 81.9 Å². The molecule has 0 aliphatic heterocycles. The summed E-state index contributed by atoms with van der Waals surface area (Å²) in [6.07, 6.45) is 2.94. The summed E-state index contributed by atoms with van der Waals surface area (Å²) in [5.74, 6) is -1.61. The van der Waals surface area contributed by atoms with Crippen LogP contribution in [-0.2, 0) is 9.59 Å². The molecule has 14 heavy (non-hydrogen) atoms. The molecule has 2 rings (SSSR count). The van der Waals surface area contributed by atoms with Crippen molar-refractivity contribution in [2.24, 2.45) is 23.7 Å². The van der Waals surface area contributed by atoms with Gasteiger partial charge in [-0.2, -0.15) is 0 Å². The van der Waals surface area contributed by atoms with Gasteiger partial charge in [0.15, 0.2) is 0 Å². The third-order valence-electron chi connectivity index (χ3n) is 3.78. The number of fused-ring (bicyclic) bond motifs is 2. The molecule has 78 valence electrons. The Kier molecular flexibility index (Phi) is 2.21. The number of aliphatic carboxylic acids is 2. The molecule has 0 aromatic heterocycles. The molecular formula is C10H14O4. The molecule has 0 aromatic carbocycles. The fraction of sp³-hybridized carbons (Fsp3) is 0.800. The van der Waals surface area contributed by atoms with Gasteiger partial charge in [-0.3, -0.25) is 9.59 Å². The molecule has 2 aliphatic carbocycles. The summed E-state index contributed by atoms with van der Waals surface area (Å²) in [4.78, 5) is 21.6. The maximum Gasteiger partial charge on any atom is 0.307 e. The van der Waals surface area contributed by atoms with Gasteiger partial charge in [0.25, 0.3) is 0 Å². The smallest absolute Gasteiger partial charge is 0.307 e. The van der Waals surface area contributed by atoms with Gasteiger partial charge < -0.3 is 10.2 Å². The van der Waals surface area contributed by atoms with Crippen LogP contribution >= 0.6 is 0 Å². The summed E-state index contributed by atoms with van der Waals surface area (Å²) < 4.78 is 0. The topological polar surface area (TPSA) is 74.6 Å². The molecule has 4 atom stereocenters. The lowest BCUT2D eigenvalue weighted by Crippen LogP contribution is -2.30. The summed E-state index contributed by atoms with van der Waals surface area (Å²) >= 11 is 0. The average Bonchev–Trinajstić information content (AvgIpc) is 2.61. The summed E-state index contributed by atoms with van der Waals surface area (Å²) in [6, 6.07) is 0. The van der Waals surface area contributed by atoms with Crippen LogP contribution in [0.25, 0.3) is 0 Å². The number of carbonyl (C=O) groups is 2. The van der Waals surface area contributed by atoms with Crippen LogP contribution < -0.4 is 0 Å². The Balaban J connectivity index is 2.13. The molecule has 2 N–H and O–H groups in total. The van der Waals surface area contributed by atoms with Crippen LogP contribution in [0.3, 0.4) is 0 Å². The first-order valence-corrected chi connectivity index (χ1v) is 5.04. The molecule has 0 radical (unpaired) electrons. The Morgan fingerprint density at radius 1 is 1.14 bits per heavy atom. The van der Waals surface area contributed by atoms with E-state index in [0.29, 0.717) is 5.92 Å². The maximum atomic E-state index is 11.0. The van der Waals surface area contributed by atoms with Crippen molar-refractivity contribution >= 4 is 11.9 Å². The van der Waals surface area contributed by atoms with E-state index in [1.165, 1.54) is 0 Å². The summed E-state index contributed by atoms with van der Waals surface area (Å²) in [5, 5.41) is 17.7. The zero-order valence-corrected chi connectivity index (χ0v) is 7.85. The highest BCUT2D eigenvalue weighted by molar-refractivity contribution is 5.74. The van der Waals surface area contributed by atoms with Crippen molar-refractivity contribution in [3.05, 3.63) is 0 Å². The number of hydrogen-bond donors (Lipinski definition) is 2. The highest BCUT2D eigenvalue weighted by Gasteiger charge is 2.51. The predicted octanol–water partition coefficient (Wildman–Crippen LogP) is 1.21. The van der Waals surface area contributed by atoms with Crippen molar-refractivity contribution in [3.8, 4) is 0 Å². The molecule has 2 fully saturated rings. The molecule has 0 unspecified atom stereocenters. The van der Waals surface area contributed by atoms with E-state index < -0.39 is 17.9 Å². The maximum absolute atomic E-state index is 11.0. The average molecular weight is 198 g/mol. The van der Waals surface area contributed by atoms with E-state index in [1.807, 2.05) is 0 Å². The van der Waals surface area contributed by atoms with Gasteiger partial charge in [-0.05, 0) is 37.0 Å². The van der Waals surface area contributed by atoms with Crippen LogP contribution in [-0.4, -0.2) is 22.2 Å². The van der Waals surface area contributed by atoms with Crippen molar-refractivity contribution in [3.63, 3.8) is 0 Å². The van der Waals surface area contributed by atoms with Crippen LogP contribution in [0.15, 0.2) is 0 Å². The van der Waals surface area contributed by atoms with Crippen LogP contribution in [0.2, 0.25) is 0 Å². The fourth-order valence-electron chi connectivity index (χ4n) is 3.29. The molecule has 4 heteroatoms. The Bertz CT molecular complexity index is 273. The van der Waals surface area contributed by atoms with Gasteiger partial charge in [0, 0.05) is 6.42 Å². The summed E-state index contributed by atoms with van der Waals surface area (Å²) in [6.45, 7) is 0. The fourth-order valence-corrected chi connectivity index (χ4v) is 3.29. The van der Waals surface area contributed by atoms with Crippen LogP contribution in [0, 0.1) is 23.7 Å². The number of carboxylic acids is 2. The van der Waals surface area contributed by atoms with E-state index >= 15 is 0 Å². The second-order valence-corrected chi connectivity index (χ2v) is 4.46. The lowest BCUT2D eigenvalue weighted by molar-refractivity contribution is -0.147. The molecule has 2 bridgehead atoms. The monoisotopic (exact) mass is 198 g/mol. The third-order valence-corrected chi connectivity index (χ3v) is 3.78. The molecule has 0 heterocycles. The quantitative estimate of drug-likeness (QED) is 0.714. The highest BCUT2D eigenvalue weighted by Crippen LogP contribution is 2.53.